The third-order valence-electron chi connectivity index (χ3n) is 3.54. The van der Waals surface area contributed by atoms with Crippen LogP contribution in [0.25, 0.3) is 0 Å². The summed E-state index contributed by atoms with van der Waals surface area (Å²) in [7, 11) is 0. The number of hydrogen-bond donors (Lipinski definition) is 1. The normalized spacial score (nSPS) is 10.2. The van der Waals surface area contributed by atoms with Gasteiger partial charge in [-0.25, -0.2) is 4.39 Å². The molecule has 0 aromatic heterocycles. The summed E-state index contributed by atoms with van der Waals surface area (Å²) in [6.45, 7) is 0. The molecule has 3 nitrogen and oxygen atoms in total. The number of benzene rings is 3. The van der Waals surface area contributed by atoms with Crippen LogP contribution in [0.3, 0.4) is 0 Å². The van der Waals surface area contributed by atoms with Crippen LogP contribution in [0.4, 0.5) is 10.1 Å². The van der Waals surface area contributed by atoms with E-state index in [0.717, 1.165) is 6.07 Å². The van der Waals surface area contributed by atoms with Crippen molar-refractivity contribution in [3.05, 3.63) is 101 Å². The molecule has 3 rings (SSSR count). The van der Waals surface area contributed by atoms with E-state index in [1.165, 1.54) is 18.2 Å². The minimum Gasteiger partial charge on any atom is -0.321 e. The Labute approximate surface area is 138 Å². The quantitative estimate of drug-likeness (QED) is 0.728. The predicted molar refractivity (Wildman–Crippen MR) is 90.7 cm³/mol. The van der Waals surface area contributed by atoms with Gasteiger partial charge in [-0.2, -0.15) is 0 Å². The van der Waals surface area contributed by atoms with E-state index in [9.17, 15) is 14.0 Å². The van der Waals surface area contributed by atoms with E-state index in [0.29, 0.717) is 16.8 Å². The Morgan fingerprint density at radius 1 is 0.750 bits per heavy atom. The molecule has 0 aliphatic rings. The average molecular weight is 319 g/mol. The lowest BCUT2D eigenvalue weighted by molar-refractivity contribution is 0.102. The highest BCUT2D eigenvalue weighted by Gasteiger charge is 2.15. The SMILES string of the molecule is O=C(Nc1ccccc1C(=O)c1ccccc1)c1cccc(F)c1. The predicted octanol–water partition coefficient (Wildman–Crippen LogP) is 4.31. The lowest BCUT2D eigenvalue weighted by Gasteiger charge is -2.10. The highest BCUT2D eigenvalue weighted by molar-refractivity contribution is 6.15. The molecule has 0 saturated carbocycles. The zero-order chi connectivity index (χ0) is 16.9. The number of nitrogens with one attached hydrogen (secondary N) is 1. The van der Waals surface area contributed by atoms with Gasteiger partial charge in [0.2, 0.25) is 0 Å². The second-order valence-corrected chi connectivity index (χ2v) is 5.21. The van der Waals surface area contributed by atoms with Gasteiger partial charge in [0.15, 0.2) is 5.78 Å². The van der Waals surface area contributed by atoms with Gasteiger partial charge in [-0.05, 0) is 30.3 Å². The summed E-state index contributed by atoms with van der Waals surface area (Å²) >= 11 is 0. The van der Waals surface area contributed by atoms with Crippen molar-refractivity contribution in [3.63, 3.8) is 0 Å². The van der Waals surface area contributed by atoms with Gasteiger partial charge in [0.1, 0.15) is 5.82 Å². The van der Waals surface area contributed by atoms with E-state index in [-0.39, 0.29) is 11.3 Å². The number of hydrogen-bond acceptors (Lipinski definition) is 2. The van der Waals surface area contributed by atoms with Crippen LogP contribution in [-0.4, -0.2) is 11.7 Å². The molecule has 0 aliphatic heterocycles. The first kappa shape index (κ1) is 15.6. The molecule has 0 heterocycles. The highest BCUT2D eigenvalue weighted by atomic mass is 19.1. The average Bonchev–Trinajstić information content (AvgIpc) is 2.62. The Balaban J connectivity index is 1.90. The van der Waals surface area contributed by atoms with Gasteiger partial charge in [0.25, 0.3) is 5.91 Å². The minimum absolute atomic E-state index is 0.189. The molecule has 3 aromatic rings. The van der Waals surface area contributed by atoms with Gasteiger partial charge in [0, 0.05) is 16.7 Å². The van der Waals surface area contributed by atoms with Gasteiger partial charge < -0.3 is 5.32 Å². The molecular weight excluding hydrogens is 305 g/mol. The fourth-order valence-electron chi connectivity index (χ4n) is 2.36. The second kappa shape index (κ2) is 6.87. The molecule has 0 fully saturated rings. The van der Waals surface area contributed by atoms with Crippen molar-refractivity contribution in [2.45, 2.75) is 0 Å². The topological polar surface area (TPSA) is 46.2 Å². The molecule has 3 aromatic carbocycles. The number of carbonyl (C=O) groups excluding carboxylic acids is 2. The van der Waals surface area contributed by atoms with Crippen molar-refractivity contribution >= 4 is 17.4 Å². The van der Waals surface area contributed by atoms with Crippen LogP contribution in [0.15, 0.2) is 78.9 Å². The third-order valence-corrected chi connectivity index (χ3v) is 3.54. The maximum Gasteiger partial charge on any atom is 0.255 e. The van der Waals surface area contributed by atoms with Crippen molar-refractivity contribution in [2.75, 3.05) is 5.32 Å². The van der Waals surface area contributed by atoms with Gasteiger partial charge in [-0.15, -0.1) is 0 Å². The Morgan fingerprint density at radius 3 is 2.17 bits per heavy atom. The van der Waals surface area contributed by atoms with Gasteiger partial charge in [-0.3, -0.25) is 9.59 Å². The third kappa shape index (κ3) is 3.38. The molecule has 118 valence electrons. The first-order chi connectivity index (χ1) is 11.6. The first-order valence-corrected chi connectivity index (χ1v) is 7.41. The minimum atomic E-state index is -0.490. The molecule has 0 saturated heterocycles. The molecule has 0 radical (unpaired) electrons. The number of amides is 1. The molecule has 1 N–H and O–H groups in total. The van der Waals surface area contributed by atoms with Crippen LogP contribution >= 0.6 is 0 Å². The summed E-state index contributed by atoms with van der Waals surface area (Å²) in [5, 5.41) is 2.68. The van der Waals surface area contributed by atoms with Crippen LogP contribution in [0.2, 0.25) is 0 Å². The lowest BCUT2D eigenvalue weighted by atomic mass is 10.0. The van der Waals surface area contributed by atoms with Crippen molar-refractivity contribution in [3.8, 4) is 0 Å². The summed E-state index contributed by atoms with van der Waals surface area (Å²) < 4.78 is 13.3. The van der Waals surface area contributed by atoms with Gasteiger partial charge in [-0.1, -0.05) is 48.5 Å². The monoisotopic (exact) mass is 319 g/mol. The molecule has 0 spiro atoms. The maximum absolute atomic E-state index is 13.3. The number of ketones is 1. The van der Waals surface area contributed by atoms with E-state index < -0.39 is 11.7 Å². The first-order valence-electron chi connectivity index (χ1n) is 7.41. The van der Waals surface area contributed by atoms with Crippen molar-refractivity contribution in [1.82, 2.24) is 0 Å². The Bertz CT molecular complexity index is 891. The summed E-state index contributed by atoms with van der Waals surface area (Å²) in [4.78, 5) is 24.9. The van der Waals surface area contributed by atoms with E-state index in [2.05, 4.69) is 5.32 Å². The van der Waals surface area contributed by atoms with Crippen LogP contribution in [-0.2, 0) is 0 Å². The van der Waals surface area contributed by atoms with E-state index in [1.54, 1.807) is 48.5 Å². The summed E-state index contributed by atoms with van der Waals surface area (Å²) in [6, 6.07) is 21.0. The molecular formula is C20H14FNO2. The zero-order valence-electron chi connectivity index (χ0n) is 12.7. The molecule has 0 atom stereocenters. The lowest BCUT2D eigenvalue weighted by Crippen LogP contribution is -2.15. The summed E-state index contributed by atoms with van der Waals surface area (Å²) in [5.74, 6) is -1.15. The fraction of sp³-hybridized carbons (Fsp3) is 0. The van der Waals surface area contributed by atoms with E-state index in [4.69, 9.17) is 0 Å². The zero-order valence-corrected chi connectivity index (χ0v) is 12.7. The highest BCUT2D eigenvalue weighted by Crippen LogP contribution is 2.20. The van der Waals surface area contributed by atoms with Crippen molar-refractivity contribution < 1.29 is 14.0 Å². The van der Waals surface area contributed by atoms with Gasteiger partial charge in [0.05, 0.1) is 5.69 Å². The molecule has 24 heavy (non-hydrogen) atoms. The standard InChI is InChI=1S/C20H14FNO2/c21-16-10-6-9-15(13-16)20(24)22-18-12-5-4-11-17(18)19(23)14-7-2-1-3-8-14/h1-13H,(H,22,24). The smallest absolute Gasteiger partial charge is 0.255 e. The van der Waals surface area contributed by atoms with Crippen LogP contribution in [0.5, 0.6) is 0 Å². The number of halogens is 1. The van der Waals surface area contributed by atoms with Crippen LogP contribution < -0.4 is 5.32 Å². The second-order valence-electron chi connectivity index (χ2n) is 5.21. The Kier molecular flexibility index (Phi) is 4.47. The largest absolute Gasteiger partial charge is 0.321 e. The number of anilines is 1. The number of carbonyl (C=O) groups is 2. The number of rotatable bonds is 4. The Hall–Kier alpha value is -3.27. The van der Waals surface area contributed by atoms with Crippen molar-refractivity contribution in [1.29, 1.82) is 0 Å². The van der Waals surface area contributed by atoms with Crippen LogP contribution in [0.1, 0.15) is 26.3 Å². The van der Waals surface area contributed by atoms with Crippen LogP contribution in [0, 0.1) is 5.82 Å². The van der Waals surface area contributed by atoms with E-state index >= 15 is 0 Å². The maximum atomic E-state index is 13.3. The summed E-state index contributed by atoms with van der Waals surface area (Å²) in [6.07, 6.45) is 0. The fourth-order valence-corrected chi connectivity index (χ4v) is 2.36. The summed E-state index contributed by atoms with van der Waals surface area (Å²) in [5.41, 5.74) is 1.50. The molecule has 1 amide bonds. The van der Waals surface area contributed by atoms with Crippen molar-refractivity contribution in [2.24, 2.45) is 0 Å². The molecule has 0 aliphatic carbocycles. The van der Waals surface area contributed by atoms with E-state index in [1.807, 2.05) is 6.07 Å². The molecule has 4 heteroatoms. The Morgan fingerprint density at radius 2 is 1.42 bits per heavy atom. The number of para-hydroxylation sites is 1. The molecule has 0 bridgehead atoms. The molecule has 0 unspecified atom stereocenters. The van der Waals surface area contributed by atoms with Gasteiger partial charge >= 0.3 is 0 Å².